The van der Waals surface area contributed by atoms with Crippen LogP contribution in [0.3, 0.4) is 0 Å². The Bertz CT molecular complexity index is 1680. The van der Waals surface area contributed by atoms with Gasteiger partial charge in [0.05, 0.1) is 47.0 Å². The largest absolute Gasteiger partial charge is 0.497 e. The van der Waals surface area contributed by atoms with Crippen molar-refractivity contribution in [2.45, 2.75) is 26.3 Å². The van der Waals surface area contributed by atoms with Crippen LogP contribution in [0.1, 0.15) is 35.4 Å². The van der Waals surface area contributed by atoms with Crippen LogP contribution in [0.5, 0.6) is 5.75 Å². The predicted octanol–water partition coefficient (Wildman–Crippen LogP) is 3.99. The molecule has 1 unspecified atom stereocenters. The van der Waals surface area contributed by atoms with Crippen molar-refractivity contribution in [1.82, 2.24) is 14.8 Å². The molecule has 1 fully saturated rings. The fourth-order valence-electron chi connectivity index (χ4n) is 4.72. The Morgan fingerprint density at radius 3 is 2.47 bits per heavy atom. The van der Waals surface area contributed by atoms with Gasteiger partial charge in [0, 0.05) is 23.9 Å². The standard InChI is InChI=1S/C27H27N5O5S/c1-16-25-23(27(34)29-20-8-5-7-19(13-20)28-17(2)33)14-24(18-6-4-9-22(12-18)37-3)30-26(25)32(31-16)21-10-11-38(35,36)15-21/h4-9,12-14,21H,10-11,15H2,1-3H3,(H,28,33)(H,29,34). The fourth-order valence-corrected chi connectivity index (χ4v) is 6.41. The summed E-state index contributed by atoms with van der Waals surface area (Å²) >= 11 is 0. The smallest absolute Gasteiger partial charge is 0.256 e. The number of carbonyl (C=O) groups is 2. The number of hydrogen-bond acceptors (Lipinski definition) is 7. The van der Waals surface area contributed by atoms with Crippen molar-refractivity contribution in [3.8, 4) is 17.0 Å². The zero-order valence-corrected chi connectivity index (χ0v) is 22.0. The molecule has 4 aromatic rings. The summed E-state index contributed by atoms with van der Waals surface area (Å²) in [6.07, 6.45) is 0.432. The molecule has 2 N–H and O–H groups in total. The lowest BCUT2D eigenvalue weighted by Gasteiger charge is -2.13. The molecule has 2 aromatic carbocycles. The van der Waals surface area contributed by atoms with Gasteiger partial charge < -0.3 is 15.4 Å². The Labute approximate surface area is 219 Å². The number of amides is 2. The van der Waals surface area contributed by atoms with Gasteiger partial charge in [0.1, 0.15) is 5.75 Å². The minimum Gasteiger partial charge on any atom is -0.497 e. The first kappa shape index (κ1) is 25.4. The minimum absolute atomic E-state index is 0.0221. The number of fused-ring (bicyclic) bond motifs is 1. The molecule has 0 radical (unpaired) electrons. The topological polar surface area (TPSA) is 132 Å². The lowest BCUT2D eigenvalue weighted by Crippen LogP contribution is -2.15. The highest BCUT2D eigenvalue weighted by Gasteiger charge is 2.32. The molecule has 0 aliphatic carbocycles. The van der Waals surface area contributed by atoms with Gasteiger partial charge in [0.15, 0.2) is 15.5 Å². The number of sulfone groups is 1. The molecule has 0 spiro atoms. The van der Waals surface area contributed by atoms with E-state index in [0.29, 0.717) is 51.5 Å². The van der Waals surface area contributed by atoms with Crippen molar-refractivity contribution in [3.05, 3.63) is 65.9 Å². The molecule has 1 saturated heterocycles. The van der Waals surface area contributed by atoms with Gasteiger partial charge in [-0.3, -0.25) is 9.59 Å². The van der Waals surface area contributed by atoms with Crippen LogP contribution in [0.2, 0.25) is 0 Å². The minimum atomic E-state index is -3.17. The number of methoxy groups -OCH3 is 1. The fraction of sp³-hybridized carbons (Fsp3) is 0.259. The number of pyridine rings is 1. The van der Waals surface area contributed by atoms with Crippen molar-refractivity contribution >= 4 is 44.1 Å². The second-order valence-electron chi connectivity index (χ2n) is 9.29. The Morgan fingerprint density at radius 2 is 1.79 bits per heavy atom. The number of benzene rings is 2. The maximum absolute atomic E-state index is 13.7. The maximum Gasteiger partial charge on any atom is 0.256 e. The van der Waals surface area contributed by atoms with E-state index in [1.54, 1.807) is 49.0 Å². The van der Waals surface area contributed by atoms with Crippen LogP contribution in [0, 0.1) is 6.92 Å². The first-order valence-corrected chi connectivity index (χ1v) is 13.9. The normalized spacial score (nSPS) is 16.3. The summed E-state index contributed by atoms with van der Waals surface area (Å²) in [6, 6.07) is 15.5. The van der Waals surface area contributed by atoms with E-state index in [-0.39, 0.29) is 29.4 Å². The number of nitrogens with one attached hydrogen (secondary N) is 2. The van der Waals surface area contributed by atoms with Crippen LogP contribution in [0.15, 0.2) is 54.6 Å². The molecule has 5 rings (SSSR count). The Morgan fingerprint density at radius 1 is 1.05 bits per heavy atom. The highest BCUT2D eigenvalue weighted by Crippen LogP contribution is 2.33. The Hall–Kier alpha value is -4.25. The molecule has 2 aromatic heterocycles. The van der Waals surface area contributed by atoms with E-state index in [0.717, 1.165) is 5.56 Å². The SMILES string of the molecule is COc1cccc(-c2cc(C(=O)Nc3cccc(NC(C)=O)c3)c3c(C)nn(C4CCS(=O)(=O)C4)c3n2)c1. The van der Waals surface area contributed by atoms with E-state index >= 15 is 0 Å². The Balaban J connectivity index is 1.64. The maximum atomic E-state index is 13.7. The van der Waals surface area contributed by atoms with Crippen LogP contribution in [0.25, 0.3) is 22.3 Å². The molecule has 10 nitrogen and oxygen atoms in total. The third-order valence-corrected chi connectivity index (χ3v) is 8.19. The van der Waals surface area contributed by atoms with Crippen LogP contribution < -0.4 is 15.4 Å². The molecular weight excluding hydrogens is 506 g/mol. The van der Waals surface area contributed by atoms with Crippen molar-refractivity contribution in [2.24, 2.45) is 0 Å². The first-order valence-electron chi connectivity index (χ1n) is 12.1. The van der Waals surface area contributed by atoms with E-state index in [4.69, 9.17) is 9.72 Å². The zero-order chi connectivity index (χ0) is 27.0. The average molecular weight is 534 g/mol. The number of nitrogens with zero attached hydrogens (tertiary/aromatic N) is 3. The zero-order valence-electron chi connectivity index (χ0n) is 21.2. The number of ether oxygens (including phenoxy) is 1. The molecule has 1 aliphatic rings. The van der Waals surface area contributed by atoms with E-state index in [1.165, 1.54) is 6.92 Å². The van der Waals surface area contributed by atoms with Crippen molar-refractivity contribution in [2.75, 3.05) is 29.2 Å². The summed E-state index contributed by atoms with van der Waals surface area (Å²) in [5.74, 6) is 0.0985. The van der Waals surface area contributed by atoms with Gasteiger partial charge in [0.2, 0.25) is 5.91 Å². The average Bonchev–Trinajstić information content (AvgIpc) is 3.41. The number of hydrogen-bond donors (Lipinski definition) is 2. The van der Waals surface area contributed by atoms with Gasteiger partial charge in [0.25, 0.3) is 5.91 Å². The molecule has 196 valence electrons. The van der Waals surface area contributed by atoms with Gasteiger partial charge in [-0.25, -0.2) is 18.1 Å². The number of aryl methyl sites for hydroxylation is 1. The molecule has 1 atom stereocenters. The van der Waals surface area contributed by atoms with E-state index in [1.807, 2.05) is 24.3 Å². The summed E-state index contributed by atoms with van der Waals surface area (Å²) in [4.78, 5) is 30.0. The number of rotatable bonds is 6. The molecule has 2 amide bonds. The first-order chi connectivity index (χ1) is 18.1. The molecular formula is C27H27N5O5S. The number of anilines is 2. The van der Waals surface area contributed by atoms with Crippen molar-refractivity contribution in [1.29, 1.82) is 0 Å². The van der Waals surface area contributed by atoms with E-state index in [9.17, 15) is 18.0 Å². The van der Waals surface area contributed by atoms with E-state index < -0.39 is 9.84 Å². The number of aromatic nitrogens is 3. The number of carbonyl (C=O) groups excluding carboxylic acids is 2. The van der Waals surface area contributed by atoms with Gasteiger partial charge in [-0.2, -0.15) is 5.10 Å². The lowest BCUT2D eigenvalue weighted by atomic mass is 10.0. The quantitative estimate of drug-likeness (QED) is 0.383. The highest BCUT2D eigenvalue weighted by molar-refractivity contribution is 7.91. The van der Waals surface area contributed by atoms with Crippen LogP contribution in [0.4, 0.5) is 11.4 Å². The third kappa shape index (κ3) is 5.10. The third-order valence-electron chi connectivity index (χ3n) is 6.44. The van der Waals surface area contributed by atoms with Crippen molar-refractivity contribution < 1.29 is 22.7 Å². The molecule has 0 saturated carbocycles. The predicted molar refractivity (Wildman–Crippen MR) is 145 cm³/mol. The van der Waals surface area contributed by atoms with Crippen LogP contribution in [-0.4, -0.2) is 53.6 Å². The van der Waals surface area contributed by atoms with Crippen molar-refractivity contribution in [3.63, 3.8) is 0 Å². The van der Waals surface area contributed by atoms with E-state index in [2.05, 4.69) is 15.7 Å². The summed E-state index contributed by atoms with van der Waals surface area (Å²) in [5, 5.41) is 10.8. The summed E-state index contributed by atoms with van der Waals surface area (Å²) in [5.41, 5.74) is 3.68. The summed E-state index contributed by atoms with van der Waals surface area (Å²) in [6.45, 7) is 3.19. The molecule has 11 heteroatoms. The van der Waals surface area contributed by atoms with Crippen LogP contribution >= 0.6 is 0 Å². The Kier molecular flexibility index (Phi) is 6.62. The summed E-state index contributed by atoms with van der Waals surface area (Å²) < 4.78 is 31.5. The highest BCUT2D eigenvalue weighted by atomic mass is 32.2. The molecule has 0 bridgehead atoms. The van der Waals surface area contributed by atoms with Gasteiger partial charge in [-0.15, -0.1) is 0 Å². The lowest BCUT2D eigenvalue weighted by molar-refractivity contribution is -0.114. The molecule has 38 heavy (non-hydrogen) atoms. The molecule has 1 aliphatic heterocycles. The second-order valence-corrected chi connectivity index (χ2v) is 11.5. The van der Waals surface area contributed by atoms with Gasteiger partial charge in [-0.05, 0) is 49.7 Å². The van der Waals surface area contributed by atoms with Gasteiger partial charge in [-0.1, -0.05) is 18.2 Å². The van der Waals surface area contributed by atoms with Crippen LogP contribution in [-0.2, 0) is 14.6 Å². The summed E-state index contributed by atoms with van der Waals surface area (Å²) in [7, 11) is -1.60. The monoisotopic (exact) mass is 533 g/mol. The second kappa shape index (κ2) is 9.90. The molecule has 3 heterocycles. The van der Waals surface area contributed by atoms with Gasteiger partial charge >= 0.3 is 0 Å².